The van der Waals surface area contributed by atoms with Gasteiger partial charge in [0.1, 0.15) is 0 Å². The molecule has 0 bridgehead atoms. The number of benzene rings is 1. The van der Waals surface area contributed by atoms with Crippen molar-refractivity contribution in [3.63, 3.8) is 0 Å². The lowest BCUT2D eigenvalue weighted by Crippen LogP contribution is -2.41. The summed E-state index contributed by atoms with van der Waals surface area (Å²) in [5.74, 6) is -1.96. The highest BCUT2D eigenvalue weighted by Gasteiger charge is 2.39. The highest BCUT2D eigenvalue weighted by Crippen LogP contribution is 2.35. The van der Waals surface area contributed by atoms with Crippen LogP contribution < -0.4 is 0 Å². The normalized spacial score (nSPS) is 19.1. The highest BCUT2D eigenvalue weighted by atomic mass is 35.5. The van der Waals surface area contributed by atoms with E-state index in [2.05, 4.69) is 0 Å². The first-order valence-corrected chi connectivity index (χ1v) is 7.49. The van der Waals surface area contributed by atoms with Crippen molar-refractivity contribution >= 4 is 17.7 Å². The lowest BCUT2D eigenvalue weighted by molar-refractivity contribution is -0.164. The quantitative estimate of drug-likeness (QED) is 0.584. The fraction of sp³-hybridized carbons (Fsp3) is 0.333. The Kier molecular flexibility index (Phi) is 5.79. The third kappa shape index (κ3) is 3.57. The SMILES string of the molecule is COC1(OC)C=CC(OC)(OC)C(/C=C/c2ccccc2Cl)=C1. The minimum Gasteiger partial charge on any atom is -0.346 e. The van der Waals surface area contributed by atoms with E-state index in [1.54, 1.807) is 40.6 Å². The Morgan fingerprint density at radius 1 is 0.870 bits per heavy atom. The first kappa shape index (κ1) is 17.9. The van der Waals surface area contributed by atoms with Crippen LogP contribution in [0.3, 0.4) is 0 Å². The molecule has 0 saturated carbocycles. The Hall–Kier alpha value is -1.43. The van der Waals surface area contributed by atoms with E-state index >= 15 is 0 Å². The summed E-state index contributed by atoms with van der Waals surface area (Å²) in [5, 5.41) is 0.667. The van der Waals surface area contributed by atoms with Gasteiger partial charge in [-0.1, -0.05) is 42.0 Å². The number of methoxy groups -OCH3 is 4. The molecular weight excluding hydrogens is 316 g/mol. The average Bonchev–Trinajstić information content (AvgIpc) is 2.61. The number of hydrogen-bond donors (Lipinski definition) is 0. The van der Waals surface area contributed by atoms with Crippen LogP contribution in [-0.4, -0.2) is 40.0 Å². The maximum Gasteiger partial charge on any atom is 0.214 e. The van der Waals surface area contributed by atoms with Crippen LogP contribution >= 0.6 is 11.6 Å². The maximum absolute atomic E-state index is 6.19. The average molecular weight is 337 g/mol. The zero-order chi connectivity index (χ0) is 16.9. The molecule has 0 fully saturated rings. The van der Waals surface area contributed by atoms with Crippen molar-refractivity contribution in [1.82, 2.24) is 0 Å². The number of rotatable bonds is 6. The lowest BCUT2D eigenvalue weighted by Gasteiger charge is -2.37. The van der Waals surface area contributed by atoms with Gasteiger partial charge in [-0.15, -0.1) is 0 Å². The summed E-state index contributed by atoms with van der Waals surface area (Å²) in [6, 6.07) is 7.58. The summed E-state index contributed by atoms with van der Waals surface area (Å²) in [6.45, 7) is 0. The van der Waals surface area contributed by atoms with Crippen LogP contribution in [0, 0.1) is 0 Å². The first-order valence-electron chi connectivity index (χ1n) is 7.11. The van der Waals surface area contributed by atoms with Gasteiger partial charge in [0, 0.05) is 39.0 Å². The molecule has 0 heterocycles. The summed E-state index contributed by atoms with van der Waals surface area (Å²) < 4.78 is 22.1. The summed E-state index contributed by atoms with van der Waals surface area (Å²) in [7, 11) is 6.31. The number of ether oxygens (including phenoxy) is 4. The van der Waals surface area contributed by atoms with E-state index in [9.17, 15) is 0 Å². The van der Waals surface area contributed by atoms with Gasteiger partial charge in [-0.2, -0.15) is 0 Å². The predicted molar refractivity (Wildman–Crippen MR) is 91.2 cm³/mol. The van der Waals surface area contributed by atoms with Crippen LogP contribution in [0.1, 0.15) is 5.56 Å². The van der Waals surface area contributed by atoms with E-state index in [-0.39, 0.29) is 0 Å². The van der Waals surface area contributed by atoms with E-state index < -0.39 is 11.6 Å². The monoisotopic (exact) mass is 336 g/mol. The van der Waals surface area contributed by atoms with E-state index in [4.69, 9.17) is 30.5 Å². The molecule has 1 aliphatic rings. The Bertz CT molecular complexity index is 626. The molecule has 1 aromatic rings. The van der Waals surface area contributed by atoms with Crippen molar-refractivity contribution < 1.29 is 18.9 Å². The van der Waals surface area contributed by atoms with Gasteiger partial charge in [0.05, 0.1) is 0 Å². The van der Waals surface area contributed by atoms with Crippen LogP contribution in [0.25, 0.3) is 6.08 Å². The van der Waals surface area contributed by atoms with Gasteiger partial charge in [-0.05, 0) is 29.9 Å². The molecule has 0 N–H and O–H groups in total. The largest absolute Gasteiger partial charge is 0.346 e. The molecule has 4 nitrogen and oxygen atoms in total. The molecule has 1 aliphatic carbocycles. The Morgan fingerprint density at radius 2 is 1.52 bits per heavy atom. The summed E-state index contributed by atoms with van der Waals surface area (Å²) in [4.78, 5) is 0. The molecule has 0 aliphatic heterocycles. The van der Waals surface area contributed by atoms with Gasteiger partial charge in [-0.3, -0.25) is 0 Å². The molecule has 0 amide bonds. The first-order chi connectivity index (χ1) is 11.0. The molecule has 2 rings (SSSR count). The smallest absolute Gasteiger partial charge is 0.214 e. The Balaban J connectivity index is 2.44. The highest BCUT2D eigenvalue weighted by molar-refractivity contribution is 6.32. The summed E-state index contributed by atoms with van der Waals surface area (Å²) in [5.41, 5.74) is 1.64. The lowest BCUT2D eigenvalue weighted by atomic mass is 9.94. The van der Waals surface area contributed by atoms with Gasteiger partial charge < -0.3 is 18.9 Å². The molecule has 0 aromatic heterocycles. The molecule has 0 saturated heterocycles. The minimum atomic E-state index is -1.00. The van der Waals surface area contributed by atoms with Gasteiger partial charge in [0.25, 0.3) is 0 Å². The predicted octanol–water partition coefficient (Wildman–Crippen LogP) is 3.83. The molecule has 0 radical (unpaired) electrons. The van der Waals surface area contributed by atoms with Crippen LogP contribution in [0.2, 0.25) is 5.02 Å². The van der Waals surface area contributed by atoms with Gasteiger partial charge in [0.15, 0.2) is 0 Å². The van der Waals surface area contributed by atoms with Crippen molar-refractivity contribution in [3.05, 3.63) is 64.7 Å². The second-order valence-corrected chi connectivity index (χ2v) is 5.40. The third-order valence-electron chi connectivity index (χ3n) is 3.89. The van der Waals surface area contributed by atoms with Crippen molar-refractivity contribution in [2.75, 3.05) is 28.4 Å². The zero-order valence-corrected chi connectivity index (χ0v) is 14.5. The van der Waals surface area contributed by atoms with E-state index in [1.165, 1.54) is 0 Å². The minimum absolute atomic E-state index is 0.667. The van der Waals surface area contributed by atoms with Gasteiger partial charge in [-0.25, -0.2) is 0 Å². The van der Waals surface area contributed by atoms with Crippen LogP contribution in [0.4, 0.5) is 0 Å². The summed E-state index contributed by atoms with van der Waals surface area (Å²) in [6.07, 6.45) is 9.12. The van der Waals surface area contributed by atoms with E-state index in [0.717, 1.165) is 11.1 Å². The molecule has 0 atom stereocenters. The van der Waals surface area contributed by atoms with E-state index in [1.807, 2.05) is 42.5 Å². The topological polar surface area (TPSA) is 36.9 Å². The van der Waals surface area contributed by atoms with Crippen LogP contribution in [0.15, 0.2) is 54.1 Å². The van der Waals surface area contributed by atoms with Crippen molar-refractivity contribution in [3.8, 4) is 0 Å². The van der Waals surface area contributed by atoms with Crippen LogP contribution in [-0.2, 0) is 18.9 Å². The zero-order valence-electron chi connectivity index (χ0n) is 13.7. The molecule has 0 spiro atoms. The second-order valence-electron chi connectivity index (χ2n) is 4.99. The Morgan fingerprint density at radius 3 is 2.09 bits per heavy atom. The second kappa shape index (κ2) is 7.43. The van der Waals surface area contributed by atoms with E-state index in [0.29, 0.717) is 5.02 Å². The van der Waals surface area contributed by atoms with Crippen molar-refractivity contribution in [2.24, 2.45) is 0 Å². The third-order valence-corrected chi connectivity index (χ3v) is 4.23. The molecule has 0 unspecified atom stereocenters. The molecule has 124 valence electrons. The number of halogens is 1. The molecular formula is C18H21ClO4. The molecule has 1 aromatic carbocycles. The molecule has 5 heteroatoms. The summed E-state index contributed by atoms with van der Waals surface area (Å²) >= 11 is 6.19. The standard InChI is InChI=1S/C18H21ClO4/c1-20-17(21-2)11-12-18(22-3,23-4)15(13-17)10-9-14-7-5-6-8-16(14)19/h5-13H,1-4H3/b10-9+. The fourth-order valence-electron chi connectivity index (χ4n) is 2.43. The number of hydrogen-bond acceptors (Lipinski definition) is 4. The van der Waals surface area contributed by atoms with Gasteiger partial charge in [0.2, 0.25) is 11.6 Å². The van der Waals surface area contributed by atoms with Gasteiger partial charge >= 0.3 is 0 Å². The molecule has 23 heavy (non-hydrogen) atoms. The Labute approximate surface area is 141 Å². The van der Waals surface area contributed by atoms with Crippen LogP contribution in [0.5, 0.6) is 0 Å². The van der Waals surface area contributed by atoms with Crippen molar-refractivity contribution in [1.29, 1.82) is 0 Å². The fourth-order valence-corrected chi connectivity index (χ4v) is 2.63. The maximum atomic E-state index is 6.19. The van der Waals surface area contributed by atoms with Crippen molar-refractivity contribution in [2.45, 2.75) is 11.6 Å².